The molecule has 1 nitrogen and oxygen atoms in total. The Hall–Kier alpha value is -0.890. The fourth-order valence-corrected chi connectivity index (χ4v) is 1.88. The van der Waals surface area contributed by atoms with E-state index in [0.717, 1.165) is 29.5 Å². The largest absolute Gasteiger partial charge is 0.330 e. The Labute approximate surface area is 84.1 Å². The van der Waals surface area contributed by atoms with E-state index in [1.54, 1.807) is 6.07 Å². The minimum Gasteiger partial charge on any atom is -0.330 e. The summed E-state index contributed by atoms with van der Waals surface area (Å²) in [5.41, 5.74) is 8.68. The molecule has 14 heavy (non-hydrogen) atoms. The first-order chi connectivity index (χ1) is 6.59. The van der Waals surface area contributed by atoms with E-state index in [-0.39, 0.29) is 11.2 Å². The van der Waals surface area contributed by atoms with E-state index in [1.807, 2.05) is 13.8 Å². The first-order valence-corrected chi connectivity index (χ1v) is 5.06. The summed E-state index contributed by atoms with van der Waals surface area (Å²) >= 11 is 0. The number of hydrogen-bond acceptors (Lipinski definition) is 1. The van der Waals surface area contributed by atoms with E-state index in [1.165, 1.54) is 0 Å². The van der Waals surface area contributed by atoms with Gasteiger partial charge in [0.2, 0.25) is 0 Å². The monoisotopic (exact) mass is 193 g/mol. The van der Waals surface area contributed by atoms with Crippen LogP contribution in [0.4, 0.5) is 4.39 Å². The van der Waals surface area contributed by atoms with Crippen molar-refractivity contribution in [2.24, 2.45) is 5.73 Å². The zero-order valence-corrected chi connectivity index (χ0v) is 8.73. The molecule has 0 spiro atoms. The van der Waals surface area contributed by atoms with Gasteiger partial charge in [0.1, 0.15) is 5.82 Å². The van der Waals surface area contributed by atoms with Gasteiger partial charge in [-0.25, -0.2) is 4.39 Å². The maximum absolute atomic E-state index is 13.5. The summed E-state index contributed by atoms with van der Waals surface area (Å²) in [4.78, 5) is 0. The number of aryl methyl sites for hydroxylation is 1. The van der Waals surface area contributed by atoms with Gasteiger partial charge in [0.05, 0.1) is 0 Å². The average molecular weight is 193 g/mol. The van der Waals surface area contributed by atoms with Gasteiger partial charge in [-0.15, -0.1) is 0 Å². The number of benzene rings is 1. The molecule has 0 aromatic heterocycles. The van der Waals surface area contributed by atoms with E-state index < -0.39 is 0 Å². The summed E-state index contributed by atoms with van der Waals surface area (Å²) in [7, 11) is 0. The third-order valence-corrected chi connectivity index (χ3v) is 3.46. The standard InChI is InChI=1S/C12H16FN/c1-8-5-10(6-11(13)9(8)2)12(7-14)3-4-12/h5-6H,3-4,7,14H2,1-2H3. The highest BCUT2D eigenvalue weighted by atomic mass is 19.1. The molecule has 0 unspecified atom stereocenters. The van der Waals surface area contributed by atoms with Crippen molar-refractivity contribution in [2.45, 2.75) is 32.1 Å². The van der Waals surface area contributed by atoms with Crippen LogP contribution >= 0.6 is 0 Å². The first kappa shape index (κ1) is 9.66. The molecule has 1 aliphatic rings. The lowest BCUT2D eigenvalue weighted by molar-refractivity contribution is 0.605. The summed E-state index contributed by atoms with van der Waals surface area (Å²) in [6.07, 6.45) is 2.21. The van der Waals surface area contributed by atoms with Gasteiger partial charge in [-0.05, 0) is 49.4 Å². The summed E-state index contributed by atoms with van der Waals surface area (Å²) in [6, 6.07) is 3.74. The molecule has 0 aliphatic heterocycles. The maximum Gasteiger partial charge on any atom is 0.126 e. The van der Waals surface area contributed by atoms with Crippen LogP contribution in [0, 0.1) is 19.7 Å². The smallest absolute Gasteiger partial charge is 0.126 e. The van der Waals surface area contributed by atoms with Crippen LogP contribution in [0.3, 0.4) is 0 Å². The fraction of sp³-hybridized carbons (Fsp3) is 0.500. The van der Waals surface area contributed by atoms with E-state index in [2.05, 4.69) is 6.07 Å². The molecule has 0 heterocycles. The van der Waals surface area contributed by atoms with Gasteiger partial charge >= 0.3 is 0 Å². The topological polar surface area (TPSA) is 26.0 Å². The lowest BCUT2D eigenvalue weighted by Crippen LogP contribution is -2.20. The van der Waals surface area contributed by atoms with Gasteiger partial charge in [-0.2, -0.15) is 0 Å². The molecule has 2 rings (SSSR count). The zero-order valence-electron chi connectivity index (χ0n) is 8.73. The Morgan fingerprint density at radius 2 is 2.00 bits per heavy atom. The molecule has 2 N–H and O–H groups in total. The van der Waals surface area contributed by atoms with Gasteiger partial charge in [0.25, 0.3) is 0 Å². The van der Waals surface area contributed by atoms with Crippen LogP contribution in [0.15, 0.2) is 12.1 Å². The third kappa shape index (κ3) is 1.34. The van der Waals surface area contributed by atoms with Crippen molar-refractivity contribution in [1.82, 2.24) is 0 Å². The molecule has 0 bridgehead atoms. The highest BCUT2D eigenvalue weighted by Crippen LogP contribution is 2.47. The van der Waals surface area contributed by atoms with Crippen LogP contribution in [-0.4, -0.2) is 6.54 Å². The molecule has 0 atom stereocenters. The molecule has 1 saturated carbocycles. The van der Waals surface area contributed by atoms with Crippen LogP contribution in [0.2, 0.25) is 0 Å². The summed E-state index contributed by atoms with van der Waals surface area (Å²) in [5, 5.41) is 0. The van der Waals surface area contributed by atoms with E-state index in [0.29, 0.717) is 6.54 Å². The second-order valence-corrected chi connectivity index (χ2v) is 4.38. The van der Waals surface area contributed by atoms with E-state index in [4.69, 9.17) is 5.73 Å². The number of hydrogen-bond donors (Lipinski definition) is 1. The molecular formula is C12H16FN. The fourth-order valence-electron chi connectivity index (χ4n) is 1.88. The summed E-state index contributed by atoms with van der Waals surface area (Å²) in [6.45, 7) is 4.40. The van der Waals surface area contributed by atoms with Crippen molar-refractivity contribution in [3.8, 4) is 0 Å². The quantitative estimate of drug-likeness (QED) is 0.767. The van der Waals surface area contributed by atoms with Crippen molar-refractivity contribution >= 4 is 0 Å². The number of rotatable bonds is 2. The number of halogens is 1. The van der Waals surface area contributed by atoms with Crippen LogP contribution in [-0.2, 0) is 5.41 Å². The normalized spacial score (nSPS) is 18.3. The van der Waals surface area contributed by atoms with Crippen LogP contribution in [0.5, 0.6) is 0 Å². The molecule has 0 saturated heterocycles. The lowest BCUT2D eigenvalue weighted by atomic mass is 9.93. The molecule has 1 fully saturated rings. The Morgan fingerprint density at radius 3 is 2.43 bits per heavy atom. The predicted molar refractivity (Wildman–Crippen MR) is 55.8 cm³/mol. The van der Waals surface area contributed by atoms with Crippen molar-refractivity contribution < 1.29 is 4.39 Å². The molecule has 0 radical (unpaired) electrons. The van der Waals surface area contributed by atoms with Crippen LogP contribution in [0.1, 0.15) is 29.5 Å². The lowest BCUT2D eigenvalue weighted by Gasteiger charge is -2.15. The molecule has 1 aromatic carbocycles. The molecule has 0 amide bonds. The van der Waals surface area contributed by atoms with Crippen molar-refractivity contribution in [2.75, 3.05) is 6.54 Å². The molecule has 1 aromatic rings. The average Bonchev–Trinajstić information content (AvgIpc) is 2.94. The SMILES string of the molecule is Cc1cc(C2(CN)CC2)cc(F)c1C. The Morgan fingerprint density at radius 1 is 1.36 bits per heavy atom. The number of nitrogens with two attached hydrogens (primary N) is 1. The maximum atomic E-state index is 13.5. The van der Waals surface area contributed by atoms with Crippen LogP contribution < -0.4 is 5.73 Å². The zero-order chi connectivity index (χ0) is 10.3. The van der Waals surface area contributed by atoms with Gasteiger partial charge in [0.15, 0.2) is 0 Å². The Balaban J connectivity index is 2.46. The van der Waals surface area contributed by atoms with Gasteiger partial charge in [-0.3, -0.25) is 0 Å². The second-order valence-electron chi connectivity index (χ2n) is 4.38. The molecular weight excluding hydrogens is 177 g/mol. The molecule has 76 valence electrons. The van der Waals surface area contributed by atoms with Gasteiger partial charge < -0.3 is 5.73 Å². The summed E-state index contributed by atoms with van der Waals surface area (Å²) in [5.74, 6) is -0.0975. The van der Waals surface area contributed by atoms with Gasteiger partial charge in [0, 0.05) is 12.0 Å². The Bertz CT molecular complexity index is 344. The van der Waals surface area contributed by atoms with E-state index >= 15 is 0 Å². The second kappa shape index (κ2) is 3.06. The van der Waals surface area contributed by atoms with Crippen molar-refractivity contribution in [1.29, 1.82) is 0 Å². The highest BCUT2D eigenvalue weighted by molar-refractivity contribution is 5.39. The predicted octanol–water partition coefficient (Wildman–Crippen LogP) is 2.43. The molecule has 1 aliphatic carbocycles. The van der Waals surface area contributed by atoms with E-state index in [9.17, 15) is 4.39 Å². The van der Waals surface area contributed by atoms with Crippen molar-refractivity contribution in [3.05, 3.63) is 34.6 Å². The third-order valence-electron chi connectivity index (χ3n) is 3.46. The minimum absolute atomic E-state index is 0.0965. The molecule has 2 heteroatoms. The summed E-state index contributed by atoms with van der Waals surface area (Å²) < 4.78 is 13.5. The van der Waals surface area contributed by atoms with Gasteiger partial charge in [-0.1, -0.05) is 6.07 Å². The first-order valence-electron chi connectivity index (χ1n) is 5.06. The Kier molecular flexibility index (Phi) is 2.11. The van der Waals surface area contributed by atoms with Crippen LogP contribution in [0.25, 0.3) is 0 Å². The minimum atomic E-state index is -0.0975. The van der Waals surface area contributed by atoms with Crippen molar-refractivity contribution in [3.63, 3.8) is 0 Å². The highest BCUT2D eigenvalue weighted by Gasteiger charge is 2.43.